The first-order valence-corrected chi connectivity index (χ1v) is 8.33. The summed E-state index contributed by atoms with van der Waals surface area (Å²) >= 11 is 0. The zero-order valence-corrected chi connectivity index (χ0v) is 12.2. The second kappa shape index (κ2) is 6.84. The van der Waals surface area contributed by atoms with Crippen LogP contribution in [-0.4, -0.2) is 39.5 Å². The number of hydrogen-bond donors (Lipinski definition) is 1. The lowest BCUT2D eigenvalue weighted by molar-refractivity contribution is 0.233. The maximum absolute atomic E-state index is 12.2. The molecule has 20 heavy (non-hydrogen) atoms. The summed E-state index contributed by atoms with van der Waals surface area (Å²) < 4.78 is 26.9. The second-order valence-electron chi connectivity index (χ2n) is 4.91. The second-order valence-corrected chi connectivity index (χ2v) is 6.64. The summed E-state index contributed by atoms with van der Waals surface area (Å²) in [5, 5.41) is 8.96. The number of benzene rings is 1. The smallest absolute Gasteiger partial charge is 0.241 e. The highest BCUT2D eigenvalue weighted by atomic mass is 32.2. The summed E-state index contributed by atoms with van der Waals surface area (Å²) in [7, 11) is -3.60. The van der Waals surface area contributed by atoms with Gasteiger partial charge < -0.3 is 4.90 Å². The average Bonchev–Trinajstić information content (AvgIpc) is 2.48. The van der Waals surface area contributed by atoms with E-state index >= 15 is 0 Å². The minimum Gasteiger partial charge on any atom is -0.302 e. The molecule has 1 saturated heterocycles. The van der Waals surface area contributed by atoms with Gasteiger partial charge in [-0.2, -0.15) is 5.26 Å². The zero-order chi connectivity index (χ0) is 14.4. The van der Waals surface area contributed by atoms with E-state index in [0.29, 0.717) is 13.1 Å². The predicted molar refractivity (Wildman–Crippen MR) is 76.6 cm³/mol. The number of nitrogens with one attached hydrogen (secondary N) is 1. The summed E-state index contributed by atoms with van der Waals surface area (Å²) in [6, 6.07) is 8.17. The molecule has 0 bridgehead atoms. The van der Waals surface area contributed by atoms with E-state index in [1.54, 1.807) is 12.1 Å². The molecule has 5 nitrogen and oxygen atoms in total. The molecule has 0 radical (unpaired) electrons. The Kier molecular flexibility index (Phi) is 5.12. The van der Waals surface area contributed by atoms with Crippen LogP contribution in [0.15, 0.2) is 29.2 Å². The van der Waals surface area contributed by atoms with Crippen LogP contribution in [0.3, 0.4) is 0 Å². The van der Waals surface area contributed by atoms with Crippen molar-refractivity contribution in [3.05, 3.63) is 29.8 Å². The summed E-state index contributed by atoms with van der Waals surface area (Å²) in [6.45, 7) is 3.17. The molecule has 1 heterocycles. The number of likely N-dealkylation sites (tertiary alicyclic amines) is 1. The Morgan fingerprint density at radius 1 is 1.20 bits per heavy atom. The van der Waals surface area contributed by atoms with Crippen molar-refractivity contribution in [3.63, 3.8) is 0 Å². The predicted octanol–water partition coefficient (Wildman–Crippen LogP) is 1.32. The van der Waals surface area contributed by atoms with Gasteiger partial charge in [0.15, 0.2) is 0 Å². The van der Waals surface area contributed by atoms with E-state index in [4.69, 9.17) is 5.26 Å². The molecule has 108 valence electrons. The van der Waals surface area contributed by atoms with Crippen LogP contribution in [0.5, 0.6) is 0 Å². The summed E-state index contributed by atoms with van der Waals surface area (Å²) in [4.78, 5) is 2.32. The molecule has 0 aromatic heterocycles. The molecule has 0 amide bonds. The third-order valence-electron chi connectivity index (χ3n) is 3.47. The van der Waals surface area contributed by atoms with Crippen molar-refractivity contribution in [2.45, 2.75) is 24.2 Å². The largest absolute Gasteiger partial charge is 0.302 e. The molecule has 1 aliphatic heterocycles. The Balaban J connectivity index is 1.95. The third-order valence-corrected chi connectivity index (χ3v) is 4.99. The molecule has 1 aliphatic rings. The topological polar surface area (TPSA) is 73.2 Å². The highest BCUT2D eigenvalue weighted by molar-refractivity contribution is 7.89. The van der Waals surface area contributed by atoms with Crippen LogP contribution in [-0.2, 0) is 10.0 Å². The maximum Gasteiger partial charge on any atom is 0.241 e. The van der Waals surface area contributed by atoms with Gasteiger partial charge in [-0.25, -0.2) is 13.1 Å². The molecular weight excluding hydrogens is 274 g/mol. The quantitative estimate of drug-likeness (QED) is 0.888. The fraction of sp³-hybridized carbons (Fsp3) is 0.500. The van der Waals surface area contributed by atoms with Crippen molar-refractivity contribution in [2.24, 2.45) is 0 Å². The van der Waals surface area contributed by atoms with E-state index in [2.05, 4.69) is 9.62 Å². The van der Waals surface area contributed by atoms with Crippen molar-refractivity contribution in [1.82, 2.24) is 9.62 Å². The highest BCUT2D eigenvalue weighted by Crippen LogP contribution is 2.14. The average molecular weight is 293 g/mol. The number of hydrogen-bond acceptors (Lipinski definition) is 4. The normalized spacial score (nSPS) is 16.8. The van der Waals surface area contributed by atoms with Crippen molar-refractivity contribution in [3.8, 4) is 6.07 Å². The number of nitrogens with zero attached hydrogens (tertiary/aromatic N) is 2. The van der Waals surface area contributed by atoms with Crippen molar-refractivity contribution in [2.75, 3.05) is 26.2 Å². The number of piperidine rings is 1. The number of sulfonamides is 1. The molecule has 0 aliphatic carbocycles. The zero-order valence-electron chi connectivity index (χ0n) is 11.4. The minimum atomic E-state index is -3.60. The fourth-order valence-electron chi connectivity index (χ4n) is 2.39. The van der Waals surface area contributed by atoms with Gasteiger partial charge in [0.05, 0.1) is 10.5 Å². The Morgan fingerprint density at radius 2 is 1.90 bits per heavy atom. The lowest BCUT2D eigenvalue weighted by Gasteiger charge is -2.26. The molecule has 0 unspecified atom stereocenters. The number of rotatable bonds is 5. The summed E-state index contributed by atoms with van der Waals surface area (Å²) in [6.07, 6.45) is 3.63. The van der Waals surface area contributed by atoms with Crippen molar-refractivity contribution < 1.29 is 8.42 Å². The van der Waals surface area contributed by atoms with Crippen LogP contribution in [0.4, 0.5) is 0 Å². The first kappa shape index (κ1) is 15.0. The monoisotopic (exact) mass is 293 g/mol. The van der Waals surface area contributed by atoms with E-state index < -0.39 is 10.0 Å². The van der Waals surface area contributed by atoms with Gasteiger partial charge in [0.2, 0.25) is 10.0 Å². The Morgan fingerprint density at radius 3 is 2.60 bits per heavy atom. The van der Waals surface area contributed by atoms with Gasteiger partial charge >= 0.3 is 0 Å². The van der Waals surface area contributed by atoms with Gasteiger partial charge in [0.1, 0.15) is 6.07 Å². The molecule has 1 fully saturated rings. The molecule has 1 N–H and O–H groups in total. The Hall–Kier alpha value is -1.42. The molecule has 0 saturated carbocycles. The number of nitriles is 1. The van der Waals surface area contributed by atoms with E-state index in [0.717, 1.165) is 13.1 Å². The third kappa shape index (κ3) is 3.79. The molecule has 2 rings (SSSR count). The molecule has 6 heteroatoms. The molecule has 0 spiro atoms. The van der Waals surface area contributed by atoms with Crippen LogP contribution in [0.1, 0.15) is 24.8 Å². The lowest BCUT2D eigenvalue weighted by Crippen LogP contribution is -2.37. The molecule has 0 atom stereocenters. The maximum atomic E-state index is 12.2. The Labute approximate surface area is 120 Å². The standard InChI is InChI=1S/C14H19N3O2S/c15-12-13-6-2-3-7-14(13)20(18,19)16-8-11-17-9-4-1-5-10-17/h2-3,6-7,16H,1,4-5,8-11H2. The first-order valence-electron chi connectivity index (χ1n) is 6.84. The van der Waals surface area contributed by atoms with Gasteiger partial charge in [-0.05, 0) is 38.1 Å². The van der Waals surface area contributed by atoms with E-state index in [1.165, 1.54) is 31.4 Å². The van der Waals surface area contributed by atoms with Crippen LogP contribution in [0.2, 0.25) is 0 Å². The minimum absolute atomic E-state index is 0.0566. The van der Waals surface area contributed by atoms with Gasteiger partial charge in [-0.1, -0.05) is 18.6 Å². The van der Waals surface area contributed by atoms with Crippen LogP contribution >= 0.6 is 0 Å². The molecule has 1 aromatic rings. The van der Waals surface area contributed by atoms with Crippen LogP contribution in [0, 0.1) is 11.3 Å². The fourth-order valence-corrected chi connectivity index (χ4v) is 3.57. The van der Waals surface area contributed by atoms with E-state index in [-0.39, 0.29) is 10.5 Å². The van der Waals surface area contributed by atoms with Gasteiger partial charge in [0, 0.05) is 13.1 Å². The van der Waals surface area contributed by atoms with Gasteiger partial charge in [0.25, 0.3) is 0 Å². The van der Waals surface area contributed by atoms with Crippen molar-refractivity contribution >= 4 is 10.0 Å². The first-order chi connectivity index (χ1) is 9.63. The van der Waals surface area contributed by atoms with Gasteiger partial charge in [-0.15, -0.1) is 0 Å². The van der Waals surface area contributed by atoms with Gasteiger partial charge in [-0.3, -0.25) is 0 Å². The Bertz CT molecular complexity index is 587. The molecular formula is C14H19N3O2S. The summed E-state index contributed by atoms with van der Waals surface area (Å²) in [5.74, 6) is 0. The summed E-state index contributed by atoms with van der Waals surface area (Å²) in [5.41, 5.74) is 0.179. The van der Waals surface area contributed by atoms with Crippen molar-refractivity contribution in [1.29, 1.82) is 5.26 Å². The van der Waals surface area contributed by atoms with E-state index in [1.807, 2.05) is 6.07 Å². The lowest BCUT2D eigenvalue weighted by atomic mass is 10.1. The van der Waals surface area contributed by atoms with Crippen LogP contribution in [0.25, 0.3) is 0 Å². The van der Waals surface area contributed by atoms with E-state index in [9.17, 15) is 8.42 Å². The van der Waals surface area contributed by atoms with Crippen LogP contribution < -0.4 is 4.72 Å². The SMILES string of the molecule is N#Cc1ccccc1S(=O)(=O)NCCN1CCCCC1. The molecule has 1 aromatic carbocycles. The highest BCUT2D eigenvalue weighted by Gasteiger charge is 2.18.